The van der Waals surface area contributed by atoms with Crippen LogP contribution in [0.3, 0.4) is 0 Å². The van der Waals surface area contributed by atoms with E-state index < -0.39 is 0 Å². The zero-order chi connectivity index (χ0) is 19.6. The summed E-state index contributed by atoms with van der Waals surface area (Å²) in [5.74, 6) is 0. The van der Waals surface area contributed by atoms with Gasteiger partial charge in [-0.05, 0) is 28.0 Å². The van der Waals surface area contributed by atoms with Crippen molar-refractivity contribution >= 4 is 21.8 Å². The average molecular weight is 372 g/mol. The largest absolute Gasteiger partial charge is 0.247 e. The molecule has 0 amide bonds. The third-order valence-corrected chi connectivity index (χ3v) is 6.20. The number of hydrogen-bond donors (Lipinski definition) is 0. The Kier molecular flexibility index (Phi) is 3.25. The van der Waals surface area contributed by atoms with Crippen LogP contribution >= 0.6 is 0 Å². The van der Waals surface area contributed by atoms with E-state index in [1.165, 1.54) is 27.5 Å². The number of benzene rings is 4. The minimum absolute atomic E-state index is 0.214. The van der Waals surface area contributed by atoms with E-state index in [0.717, 1.165) is 28.0 Å². The average Bonchev–Trinajstić information content (AvgIpc) is 2.77. The molecule has 1 aliphatic rings. The monoisotopic (exact) mass is 372 g/mol. The Hall–Kier alpha value is -3.52. The van der Waals surface area contributed by atoms with E-state index in [-0.39, 0.29) is 5.41 Å². The third-order valence-electron chi connectivity index (χ3n) is 6.20. The molecule has 6 rings (SSSR count). The molecule has 0 N–H and O–H groups in total. The van der Waals surface area contributed by atoms with Crippen LogP contribution in [-0.2, 0) is 5.41 Å². The second-order valence-electron chi connectivity index (χ2n) is 8.29. The molecule has 0 radical (unpaired) electrons. The van der Waals surface area contributed by atoms with Crippen molar-refractivity contribution in [3.63, 3.8) is 0 Å². The first-order valence-electron chi connectivity index (χ1n) is 10.0. The Bertz CT molecular complexity index is 1410. The Morgan fingerprint density at radius 1 is 0.655 bits per heavy atom. The van der Waals surface area contributed by atoms with Crippen LogP contribution < -0.4 is 0 Å². The highest BCUT2D eigenvalue weighted by Crippen LogP contribution is 2.47. The molecule has 2 heteroatoms. The Morgan fingerprint density at radius 2 is 1.38 bits per heavy atom. The third kappa shape index (κ3) is 2.23. The van der Waals surface area contributed by atoms with Crippen molar-refractivity contribution in [2.24, 2.45) is 0 Å². The van der Waals surface area contributed by atoms with Gasteiger partial charge in [0.25, 0.3) is 0 Å². The standard InChI is InChI=1S/C27H20N2/c1-27(2)21-15-7-12-18-11-6-14-20(23(18)21)25-26(27)29-24-19(13-8-16-22(24)28-25)17-9-4-3-5-10-17/h3-16H,1-2H3. The lowest BCUT2D eigenvalue weighted by molar-refractivity contribution is 0.620. The van der Waals surface area contributed by atoms with Crippen molar-refractivity contribution in [1.82, 2.24) is 9.97 Å². The smallest absolute Gasteiger partial charge is 0.0969 e. The van der Waals surface area contributed by atoms with E-state index in [0.29, 0.717) is 0 Å². The number of para-hydroxylation sites is 1. The zero-order valence-electron chi connectivity index (χ0n) is 16.5. The van der Waals surface area contributed by atoms with Crippen molar-refractivity contribution in [1.29, 1.82) is 0 Å². The maximum absolute atomic E-state index is 5.27. The number of fused-ring (bicyclic) bond motifs is 3. The van der Waals surface area contributed by atoms with Crippen molar-refractivity contribution in [3.8, 4) is 22.4 Å². The first kappa shape index (κ1) is 16.4. The molecule has 1 heterocycles. The molecule has 0 unspecified atom stereocenters. The molecule has 0 aliphatic heterocycles. The fourth-order valence-electron chi connectivity index (χ4n) is 4.74. The molecule has 5 aromatic rings. The highest BCUT2D eigenvalue weighted by atomic mass is 14.9. The Morgan fingerprint density at radius 3 is 2.21 bits per heavy atom. The topological polar surface area (TPSA) is 25.8 Å². The van der Waals surface area contributed by atoms with Crippen molar-refractivity contribution in [2.45, 2.75) is 19.3 Å². The lowest BCUT2D eigenvalue weighted by atomic mass is 9.72. The van der Waals surface area contributed by atoms with E-state index in [2.05, 4.69) is 92.7 Å². The summed E-state index contributed by atoms with van der Waals surface area (Å²) in [5.41, 5.74) is 8.57. The minimum atomic E-state index is -0.214. The lowest BCUT2D eigenvalue weighted by Gasteiger charge is -2.33. The van der Waals surface area contributed by atoms with Crippen molar-refractivity contribution < 1.29 is 0 Å². The SMILES string of the molecule is CC1(C)c2nc3c(-c4ccccc4)cccc3nc2-c2cccc3cccc1c23. The van der Waals surface area contributed by atoms with E-state index >= 15 is 0 Å². The quantitative estimate of drug-likeness (QED) is 0.325. The van der Waals surface area contributed by atoms with Gasteiger partial charge in [-0.1, -0.05) is 92.7 Å². The summed E-state index contributed by atoms with van der Waals surface area (Å²) in [6.45, 7) is 4.53. The Balaban J connectivity index is 1.74. The van der Waals surface area contributed by atoms with E-state index in [9.17, 15) is 0 Å². The highest BCUT2D eigenvalue weighted by Gasteiger charge is 2.36. The summed E-state index contributed by atoms with van der Waals surface area (Å²) in [6, 6.07) is 29.8. The van der Waals surface area contributed by atoms with Gasteiger partial charge in [0.15, 0.2) is 0 Å². The molecule has 0 bridgehead atoms. The molecule has 1 aromatic heterocycles. The summed E-state index contributed by atoms with van der Waals surface area (Å²) in [7, 11) is 0. The molecule has 0 fully saturated rings. The van der Waals surface area contributed by atoms with Crippen LogP contribution in [0.1, 0.15) is 25.1 Å². The van der Waals surface area contributed by atoms with E-state index in [1.807, 2.05) is 6.07 Å². The predicted molar refractivity (Wildman–Crippen MR) is 120 cm³/mol. The van der Waals surface area contributed by atoms with Gasteiger partial charge in [-0.25, -0.2) is 9.97 Å². The summed E-state index contributed by atoms with van der Waals surface area (Å²) in [5, 5.41) is 2.57. The normalized spacial score (nSPS) is 14.1. The Labute approximate surface area is 169 Å². The van der Waals surface area contributed by atoms with Gasteiger partial charge in [0.1, 0.15) is 0 Å². The van der Waals surface area contributed by atoms with Gasteiger partial charge < -0.3 is 0 Å². The maximum Gasteiger partial charge on any atom is 0.0969 e. The summed E-state index contributed by atoms with van der Waals surface area (Å²) < 4.78 is 0. The molecular formula is C27H20N2. The predicted octanol–water partition coefficient (Wildman–Crippen LogP) is 6.76. The molecular weight excluding hydrogens is 352 g/mol. The summed E-state index contributed by atoms with van der Waals surface area (Å²) in [6.07, 6.45) is 0. The first-order chi connectivity index (χ1) is 14.1. The molecule has 2 nitrogen and oxygen atoms in total. The van der Waals surface area contributed by atoms with Gasteiger partial charge in [-0.2, -0.15) is 0 Å². The van der Waals surface area contributed by atoms with Crippen LogP contribution in [0, 0.1) is 0 Å². The van der Waals surface area contributed by atoms with Crippen LogP contribution in [0.4, 0.5) is 0 Å². The molecule has 0 atom stereocenters. The van der Waals surface area contributed by atoms with Gasteiger partial charge in [-0.3, -0.25) is 0 Å². The highest BCUT2D eigenvalue weighted by molar-refractivity contribution is 6.03. The molecule has 0 saturated heterocycles. The van der Waals surface area contributed by atoms with Crippen LogP contribution in [-0.4, -0.2) is 9.97 Å². The molecule has 0 saturated carbocycles. The minimum Gasteiger partial charge on any atom is -0.247 e. The van der Waals surface area contributed by atoms with Crippen LogP contribution in [0.2, 0.25) is 0 Å². The van der Waals surface area contributed by atoms with Gasteiger partial charge in [0.2, 0.25) is 0 Å². The van der Waals surface area contributed by atoms with Crippen molar-refractivity contribution in [2.75, 3.05) is 0 Å². The van der Waals surface area contributed by atoms with Gasteiger partial charge in [0.05, 0.1) is 22.4 Å². The van der Waals surface area contributed by atoms with Gasteiger partial charge in [-0.15, -0.1) is 0 Å². The van der Waals surface area contributed by atoms with Crippen LogP contribution in [0.5, 0.6) is 0 Å². The lowest BCUT2D eigenvalue weighted by Crippen LogP contribution is -2.26. The number of nitrogens with zero attached hydrogens (tertiary/aromatic N) is 2. The molecule has 29 heavy (non-hydrogen) atoms. The second kappa shape index (κ2) is 5.74. The maximum atomic E-state index is 5.27. The second-order valence-corrected chi connectivity index (χ2v) is 8.29. The molecule has 4 aromatic carbocycles. The first-order valence-corrected chi connectivity index (χ1v) is 10.0. The fourth-order valence-corrected chi connectivity index (χ4v) is 4.74. The van der Waals surface area contributed by atoms with Crippen molar-refractivity contribution in [3.05, 3.63) is 96.2 Å². The van der Waals surface area contributed by atoms with E-state index in [4.69, 9.17) is 9.97 Å². The summed E-state index contributed by atoms with van der Waals surface area (Å²) >= 11 is 0. The molecule has 1 aliphatic carbocycles. The molecule has 138 valence electrons. The van der Waals surface area contributed by atoms with Crippen LogP contribution in [0.25, 0.3) is 44.2 Å². The van der Waals surface area contributed by atoms with E-state index in [1.54, 1.807) is 0 Å². The number of rotatable bonds is 1. The number of hydrogen-bond acceptors (Lipinski definition) is 2. The fraction of sp³-hybridized carbons (Fsp3) is 0.111. The molecule has 0 spiro atoms. The zero-order valence-corrected chi connectivity index (χ0v) is 16.5. The van der Waals surface area contributed by atoms with Crippen LogP contribution in [0.15, 0.2) is 84.9 Å². The van der Waals surface area contributed by atoms with Gasteiger partial charge in [0, 0.05) is 16.5 Å². The van der Waals surface area contributed by atoms with Gasteiger partial charge >= 0.3 is 0 Å². The number of aromatic nitrogens is 2. The summed E-state index contributed by atoms with van der Waals surface area (Å²) in [4.78, 5) is 10.4.